The van der Waals surface area contributed by atoms with Gasteiger partial charge in [-0.05, 0) is 52.1 Å². The van der Waals surface area contributed by atoms with Crippen molar-refractivity contribution in [1.29, 1.82) is 0 Å². The molecule has 30 heavy (non-hydrogen) atoms. The van der Waals surface area contributed by atoms with Gasteiger partial charge in [0.2, 0.25) is 0 Å². The van der Waals surface area contributed by atoms with Gasteiger partial charge in [0.05, 0.1) is 11.7 Å². The lowest BCUT2D eigenvalue weighted by Crippen LogP contribution is -2.43. The van der Waals surface area contributed by atoms with Crippen molar-refractivity contribution in [3.05, 3.63) is 87.9 Å². The molecule has 1 aromatic heterocycles. The maximum absolute atomic E-state index is 13.7. The predicted octanol–water partition coefficient (Wildman–Crippen LogP) is 3.74. The summed E-state index contributed by atoms with van der Waals surface area (Å²) in [5, 5.41) is 9.12. The van der Waals surface area contributed by atoms with Crippen LogP contribution >= 0.6 is 11.3 Å². The van der Waals surface area contributed by atoms with E-state index in [1.165, 1.54) is 29.3 Å². The number of carbonyl (C=O) groups is 2. The highest BCUT2D eigenvalue weighted by Crippen LogP contribution is 2.28. The summed E-state index contributed by atoms with van der Waals surface area (Å²) in [6.07, 6.45) is 0.943. The summed E-state index contributed by atoms with van der Waals surface area (Å²) in [7, 11) is 0. The number of benzene rings is 2. The van der Waals surface area contributed by atoms with E-state index < -0.39 is 17.6 Å². The summed E-state index contributed by atoms with van der Waals surface area (Å²) in [5.74, 6) is -2.24. The number of thiophene rings is 1. The number of hydrogen-bond donors (Lipinski definition) is 2. The number of anilines is 1. The average molecular weight is 424 g/mol. The van der Waals surface area contributed by atoms with Crippen LogP contribution < -0.4 is 10.6 Å². The predicted molar refractivity (Wildman–Crippen MR) is 116 cm³/mol. The minimum Gasteiger partial charge on any atom is -0.346 e. The van der Waals surface area contributed by atoms with E-state index in [0.717, 1.165) is 25.1 Å². The van der Waals surface area contributed by atoms with Crippen LogP contribution in [0.1, 0.15) is 22.7 Å². The number of nitrogens with zero attached hydrogens (tertiary/aromatic N) is 1. The number of nitrogens with one attached hydrogen (secondary N) is 2. The molecule has 0 fully saturated rings. The number of hydrogen-bond acceptors (Lipinski definition) is 4. The number of halogens is 1. The molecule has 0 saturated carbocycles. The third kappa shape index (κ3) is 4.58. The molecule has 154 valence electrons. The molecule has 2 aromatic carbocycles. The summed E-state index contributed by atoms with van der Waals surface area (Å²) in [4.78, 5) is 26.9. The molecule has 1 aliphatic heterocycles. The lowest BCUT2D eigenvalue weighted by molar-refractivity contribution is -0.136. The van der Waals surface area contributed by atoms with Crippen LogP contribution in [0, 0.1) is 5.82 Å². The van der Waals surface area contributed by atoms with Crippen LogP contribution in [0.5, 0.6) is 0 Å². The normalized spacial score (nSPS) is 14.6. The molecule has 5 nitrogen and oxygen atoms in total. The molecule has 0 unspecified atom stereocenters. The first kappa shape index (κ1) is 20.3. The molecule has 0 aliphatic carbocycles. The Balaban J connectivity index is 1.43. The van der Waals surface area contributed by atoms with Crippen molar-refractivity contribution in [2.45, 2.75) is 19.0 Å². The van der Waals surface area contributed by atoms with Crippen molar-refractivity contribution in [2.75, 3.05) is 18.4 Å². The van der Waals surface area contributed by atoms with E-state index in [9.17, 15) is 14.0 Å². The van der Waals surface area contributed by atoms with E-state index >= 15 is 0 Å². The van der Waals surface area contributed by atoms with Crippen LogP contribution in [0.4, 0.5) is 10.1 Å². The molecule has 0 saturated heterocycles. The Labute approximate surface area is 178 Å². The molecular weight excluding hydrogens is 401 g/mol. The van der Waals surface area contributed by atoms with Gasteiger partial charge in [0.25, 0.3) is 0 Å². The summed E-state index contributed by atoms with van der Waals surface area (Å²) < 4.78 is 13.7. The van der Waals surface area contributed by atoms with E-state index in [0.29, 0.717) is 6.54 Å². The second-order valence-corrected chi connectivity index (χ2v) is 7.99. The fourth-order valence-corrected chi connectivity index (χ4v) is 4.42. The van der Waals surface area contributed by atoms with Crippen LogP contribution in [0.25, 0.3) is 0 Å². The van der Waals surface area contributed by atoms with Gasteiger partial charge in [-0.3, -0.25) is 14.5 Å². The van der Waals surface area contributed by atoms with Crippen molar-refractivity contribution < 1.29 is 14.0 Å². The van der Waals surface area contributed by atoms with E-state index in [4.69, 9.17) is 0 Å². The first-order valence-electron chi connectivity index (χ1n) is 9.78. The van der Waals surface area contributed by atoms with E-state index in [1.807, 2.05) is 17.5 Å². The number of amides is 2. The average Bonchev–Trinajstić information content (AvgIpc) is 3.30. The van der Waals surface area contributed by atoms with Crippen molar-refractivity contribution in [3.8, 4) is 0 Å². The van der Waals surface area contributed by atoms with Gasteiger partial charge in [-0.25, -0.2) is 4.39 Å². The molecule has 0 spiro atoms. The van der Waals surface area contributed by atoms with E-state index in [-0.39, 0.29) is 11.7 Å². The van der Waals surface area contributed by atoms with Crippen LogP contribution in [0.2, 0.25) is 0 Å². The van der Waals surface area contributed by atoms with Crippen LogP contribution in [0.15, 0.2) is 65.4 Å². The van der Waals surface area contributed by atoms with E-state index in [1.54, 1.807) is 17.4 Å². The topological polar surface area (TPSA) is 61.4 Å². The fourth-order valence-electron chi connectivity index (χ4n) is 3.72. The molecule has 0 bridgehead atoms. The molecule has 2 heterocycles. The maximum atomic E-state index is 13.7. The minimum atomic E-state index is -0.881. The molecule has 2 N–H and O–H groups in total. The zero-order valence-electron chi connectivity index (χ0n) is 16.3. The summed E-state index contributed by atoms with van der Waals surface area (Å²) in [6, 6.07) is 16.1. The summed E-state index contributed by atoms with van der Waals surface area (Å²) in [5.41, 5.74) is 3.73. The maximum Gasteiger partial charge on any atom is 0.313 e. The molecule has 3 aromatic rings. The van der Waals surface area contributed by atoms with Gasteiger partial charge in [0.1, 0.15) is 5.82 Å². The van der Waals surface area contributed by atoms with Crippen molar-refractivity contribution in [3.63, 3.8) is 0 Å². The Bertz CT molecular complexity index is 1040. The fraction of sp³-hybridized carbons (Fsp3) is 0.217. The van der Waals surface area contributed by atoms with Gasteiger partial charge in [-0.15, -0.1) is 0 Å². The summed E-state index contributed by atoms with van der Waals surface area (Å²) in [6.45, 7) is 1.95. The molecule has 2 amide bonds. The van der Waals surface area contributed by atoms with Gasteiger partial charge in [-0.1, -0.05) is 36.4 Å². The molecule has 1 atom stereocenters. The second-order valence-electron chi connectivity index (χ2n) is 7.21. The van der Waals surface area contributed by atoms with Crippen molar-refractivity contribution in [1.82, 2.24) is 10.2 Å². The summed E-state index contributed by atoms with van der Waals surface area (Å²) >= 11 is 1.60. The third-order valence-electron chi connectivity index (χ3n) is 5.31. The minimum absolute atomic E-state index is 0.0142. The third-order valence-corrected chi connectivity index (χ3v) is 6.01. The monoisotopic (exact) mass is 423 g/mol. The van der Waals surface area contributed by atoms with Gasteiger partial charge in [-0.2, -0.15) is 11.3 Å². The zero-order valence-corrected chi connectivity index (χ0v) is 17.1. The lowest BCUT2D eigenvalue weighted by Gasteiger charge is -2.35. The second kappa shape index (κ2) is 9.19. The van der Waals surface area contributed by atoms with Crippen LogP contribution in [-0.4, -0.2) is 29.8 Å². The molecule has 4 rings (SSSR count). The number of fused-ring (bicyclic) bond motifs is 1. The highest BCUT2D eigenvalue weighted by atomic mass is 32.1. The molecular formula is C23H22FN3O2S. The Morgan fingerprint density at radius 1 is 1.03 bits per heavy atom. The first-order valence-corrected chi connectivity index (χ1v) is 10.7. The SMILES string of the molecule is O=C(NC[C@H](c1ccsc1)N1CCc2ccccc2C1)C(=O)Nc1ccccc1F. The van der Waals surface area contributed by atoms with Crippen LogP contribution in [-0.2, 0) is 22.6 Å². The van der Waals surface area contributed by atoms with Gasteiger partial charge < -0.3 is 10.6 Å². The van der Waals surface area contributed by atoms with Crippen LogP contribution in [0.3, 0.4) is 0 Å². The number of carbonyl (C=O) groups excluding carboxylic acids is 2. The van der Waals surface area contributed by atoms with Crippen molar-refractivity contribution >= 4 is 28.8 Å². The highest BCUT2D eigenvalue weighted by Gasteiger charge is 2.26. The number of para-hydroxylation sites is 1. The highest BCUT2D eigenvalue weighted by molar-refractivity contribution is 7.08. The quantitative estimate of drug-likeness (QED) is 0.615. The standard InChI is InChI=1S/C23H22FN3O2S/c24-19-7-3-4-8-20(19)26-23(29)22(28)25-13-21(18-10-12-30-15-18)27-11-9-16-5-1-2-6-17(16)14-27/h1-8,10,12,15,21H,9,11,13-14H2,(H,25,28)(H,26,29)/t21-/m1/s1. The smallest absolute Gasteiger partial charge is 0.313 e. The Kier molecular flexibility index (Phi) is 6.21. The molecule has 0 radical (unpaired) electrons. The van der Waals surface area contributed by atoms with Gasteiger partial charge in [0.15, 0.2) is 0 Å². The Hall–Kier alpha value is -3.03. The van der Waals surface area contributed by atoms with Crippen molar-refractivity contribution in [2.24, 2.45) is 0 Å². The van der Waals surface area contributed by atoms with E-state index in [2.05, 4.69) is 39.1 Å². The largest absolute Gasteiger partial charge is 0.346 e. The Morgan fingerprint density at radius 2 is 1.80 bits per heavy atom. The zero-order chi connectivity index (χ0) is 20.9. The first-order chi connectivity index (χ1) is 14.6. The van der Waals surface area contributed by atoms with Gasteiger partial charge in [0, 0.05) is 19.6 Å². The Morgan fingerprint density at radius 3 is 2.57 bits per heavy atom. The van der Waals surface area contributed by atoms with Gasteiger partial charge >= 0.3 is 11.8 Å². The lowest BCUT2D eigenvalue weighted by atomic mass is 9.97. The molecule has 1 aliphatic rings. The molecule has 7 heteroatoms. The number of rotatable bonds is 5.